The van der Waals surface area contributed by atoms with Gasteiger partial charge >= 0.3 is 0 Å². The van der Waals surface area contributed by atoms with Crippen LogP contribution in [0.15, 0.2) is 63.6 Å². The number of hydrogen-bond acceptors (Lipinski definition) is 7. The molecule has 1 atom stereocenters. The highest BCUT2D eigenvalue weighted by molar-refractivity contribution is 8.14. The lowest BCUT2D eigenvalue weighted by atomic mass is 10.1. The highest BCUT2D eigenvalue weighted by Crippen LogP contribution is 2.33. The molecule has 1 unspecified atom stereocenters. The summed E-state index contributed by atoms with van der Waals surface area (Å²) < 4.78 is 19.0. The molecule has 2 aliphatic rings. The van der Waals surface area contributed by atoms with Gasteiger partial charge in [-0.1, -0.05) is 36.0 Å². The normalized spacial score (nSPS) is 17.3. The van der Waals surface area contributed by atoms with E-state index in [0.29, 0.717) is 17.3 Å². The Morgan fingerprint density at radius 3 is 2.77 bits per heavy atom. The number of rotatable bonds is 5. The van der Waals surface area contributed by atoms with Crippen LogP contribution in [0.5, 0.6) is 5.75 Å². The number of amidine groups is 2. The third kappa shape index (κ3) is 3.94. The Labute approximate surface area is 175 Å². The Balaban J connectivity index is 1.48. The van der Waals surface area contributed by atoms with Crippen LogP contribution in [0.2, 0.25) is 0 Å². The van der Waals surface area contributed by atoms with Crippen LogP contribution >= 0.6 is 11.8 Å². The van der Waals surface area contributed by atoms with Crippen molar-refractivity contribution in [3.05, 3.63) is 54.3 Å². The number of carbonyl (C=O) groups is 2. The standard InChI is InChI=1S/C20H16FN5O3S/c1-29-16-9-5-4-8-15(16)26-18-12(10-22-26)19(28)25-20(24-18)30-11-17(27)23-14-7-3-2-6-13(14)21/h2-10,12H,11H2,1H3,(H,23,27). The van der Waals surface area contributed by atoms with E-state index in [-0.39, 0.29) is 16.6 Å². The van der Waals surface area contributed by atoms with E-state index in [1.165, 1.54) is 29.4 Å². The highest BCUT2D eigenvalue weighted by atomic mass is 32.2. The van der Waals surface area contributed by atoms with Crippen LogP contribution in [0.4, 0.5) is 15.8 Å². The monoisotopic (exact) mass is 425 g/mol. The fourth-order valence-electron chi connectivity index (χ4n) is 2.90. The minimum absolute atomic E-state index is 0.0858. The van der Waals surface area contributed by atoms with Gasteiger partial charge in [0.2, 0.25) is 5.91 Å². The second-order valence-corrected chi connectivity index (χ2v) is 7.19. The number of nitrogens with zero attached hydrogens (tertiary/aromatic N) is 4. The summed E-state index contributed by atoms with van der Waals surface area (Å²) in [6, 6.07) is 13.1. The van der Waals surface area contributed by atoms with Crippen LogP contribution in [0.1, 0.15) is 0 Å². The lowest BCUT2D eigenvalue weighted by Crippen LogP contribution is -2.34. The molecule has 0 fully saturated rings. The third-order valence-corrected chi connectivity index (χ3v) is 5.15. The minimum atomic E-state index is -0.688. The molecule has 10 heteroatoms. The van der Waals surface area contributed by atoms with E-state index >= 15 is 0 Å². The molecule has 0 radical (unpaired) electrons. The lowest BCUT2D eigenvalue weighted by molar-refractivity contribution is -0.118. The number of carbonyl (C=O) groups excluding carboxylic acids is 2. The van der Waals surface area contributed by atoms with E-state index in [1.807, 2.05) is 12.1 Å². The first-order valence-corrected chi connectivity index (χ1v) is 9.91. The quantitative estimate of drug-likeness (QED) is 0.795. The number of anilines is 2. The van der Waals surface area contributed by atoms with Gasteiger partial charge in [0.1, 0.15) is 23.2 Å². The smallest absolute Gasteiger partial charge is 0.264 e. The predicted octanol–water partition coefficient (Wildman–Crippen LogP) is 2.92. The molecular weight excluding hydrogens is 409 g/mol. The number of fused-ring (bicyclic) bond motifs is 1. The van der Waals surface area contributed by atoms with Gasteiger partial charge in [-0.25, -0.2) is 14.4 Å². The number of benzene rings is 2. The molecule has 8 nitrogen and oxygen atoms in total. The van der Waals surface area contributed by atoms with Gasteiger partial charge < -0.3 is 10.1 Å². The summed E-state index contributed by atoms with van der Waals surface area (Å²) in [4.78, 5) is 32.9. The summed E-state index contributed by atoms with van der Waals surface area (Å²) in [5.41, 5.74) is 0.719. The molecule has 1 N–H and O–H groups in total. The summed E-state index contributed by atoms with van der Waals surface area (Å²) in [5.74, 6) is -1.20. The first kappa shape index (κ1) is 19.8. The molecule has 0 spiro atoms. The number of nitrogens with one attached hydrogen (secondary N) is 1. The van der Waals surface area contributed by atoms with Crippen molar-refractivity contribution in [1.29, 1.82) is 0 Å². The molecule has 2 amide bonds. The number of aliphatic imine (C=N–C) groups is 2. The number of halogens is 1. The van der Waals surface area contributed by atoms with Crippen molar-refractivity contribution >= 4 is 52.2 Å². The van der Waals surface area contributed by atoms with Crippen LogP contribution in [0, 0.1) is 11.7 Å². The largest absolute Gasteiger partial charge is 0.494 e. The van der Waals surface area contributed by atoms with Crippen LogP contribution < -0.4 is 15.1 Å². The zero-order valence-electron chi connectivity index (χ0n) is 15.8. The molecule has 30 heavy (non-hydrogen) atoms. The minimum Gasteiger partial charge on any atom is -0.494 e. The van der Waals surface area contributed by atoms with Gasteiger partial charge in [0, 0.05) is 6.21 Å². The Morgan fingerprint density at radius 2 is 1.97 bits per heavy atom. The molecular formula is C20H16FN5O3S. The summed E-state index contributed by atoms with van der Waals surface area (Å²) >= 11 is 0.984. The Morgan fingerprint density at radius 1 is 1.20 bits per heavy atom. The number of methoxy groups -OCH3 is 1. The SMILES string of the molecule is COc1ccccc1N1N=CC2C(=O)N=C(SCC(=O)Nc3ccccc3F)N=C21. The summed E-state index contributed by atoms with van der Waals surface area (Å²) in [5, 5.41) is 8.42. The fourth-order valence-corrected chi connectivity index (χ4v) is 3.55. The molecule has 0 aromatic heterocycles. The molecule has 2 aromatic carbocycles. The average Bonchev–Trinajstić information content (AvgIpc) is 3.18. The predicted molar refractivity (Wildman–Crippen MR) is 115 cm³/mol. The van der Waals surface area contributed by atoms with Gasteiger partial charge in [-0.3, -0.25) is 9.59 Å². The first-order chi connectivity index (χ1) is 14.6. The summed E-state index contributed by atoms with van der Waals surface area (Å²) in [6.07, 6.45) is 1.48. The number of ether oxygens (including phenoxy) is 1. The molecule has 2 aromatic rings. The van der Waals surface area contributed by atoms with Gasteiger partial charge in [0.25, 0.3) is 5.91 Å². The maximum Gasteiger partial charge on any atom is 0.264 e. The van der Waals surface area contributed by atoms with Crippen molar-refractivity contribution < 1.29 is 18.7 Å². The first-order valence-electron chi connectivity index (χ1n) is 8.92. The number of hydrazone groups is 1. The third-order valence-electron chi connectivity index (χ3n) is 4.30. The Hall–Kier alpha value is -3.53. The maximum atomic E-state index is 13.7. The number of thioether (sulfide) groups is 1. The van der Waals surface area contributed by atoms with E-state index < -0.39 is 23.5 Å². The van der Waals surface area contributed by atoms with Gasteiger partial charge in [0.15, 0.2) is 11.0 Å². The van der Waals surface area contributed by atoms with Crippen LogP contribution in [0.25, 0.3) is 0 Å². The van der Waals surface area contributed by atoms with Gasteiger partial charge in [-0.2, -0.15) is 10.1 Å². The summed E-state index contributed by atoms with van der Waals surface area (Å²) in [7, 11) is 1.54. The fraction of sp³-hybridized carbons (Fsp3) is 0.150. The highest BCUT2D eigenvalue weighted by Gasteiger charge is 2.37. The molecule has 2 aliphatic heterocycles. The van der Waals surface area contributed by atoms with E-state index in [0.717, 1.165) is 11.8 Å². The molecule has 0 saturated carbocycles. The molecule has 4 rings (SSSR count). The second-order valence-electron chi connectivity index (χ2n) is 6.25. The van der Waals surface area contributed by atoms with Crippen molar-refractivity contribution in [2.24, 2.45) is 21.0 Å². The topological polar surface area (TPSA) is 95.7 Å². The Kier molecular flexibility index (Phi) is 5.57. The maximum absolute atomic E-state index is 13.7. The van der Waals surface area contributed by atoms with Crippen LogP contribution in [0.3, 0.4) is 0 Å². The number of hydrogen-bond donors (Lipinski definition) is 1. The molecule has 0 bridgehead atoms. The van der Waals surface area contributed by atoms with Crippen molar-refractivity contribution in [2.45, 2.75) is 0 Å². The zero-order chi connectivity index (χ0) is 21.1. The van der Waals surface area contributed by atoms with Gasteiger partial charge in [-0.05, 0) is 24.3 Å². The molecule has 0 aliphatic carbocycles. The van der Waals surface area contributed by atoms with Crippen LogP contribution in [-0.2, 0) is 9.59 Å². The molecule has 0 saturated heterocycles. The zero-order valence-corrected chi connectivity index (χ0v) is 16.6. The van der Waals surface area contributed by atoms with E-state index in [2.05, 4.69) is 20.4 Å². The molecule has 152 valence electrons. The van der Waals surface area contributed by atoms with Gasteiger partial charge in [-0.15, -0.1) is 0 Å². The number of amides is 2. The average molecular weight is 425 g/mol. The molecule has 2 heterocycles. The van der Waals surface area contributed by atoms with Gasteiger partial charge in [0.05, 0.1) is 18.6 Å². The second kappa shape index (κ2) is 8.46. The van der Waals surface area contributed by atoms with E-state index in [9.17, 15) is 14.0 Å². The van der Waals surface area contributed by atoms with Crippen LogP contribution in [-0.4, -0.2) is 41.9 Å². The van der Waals surface area contributed by atoms with Crippen molar-refractivity contribution in [1.82, 2.24) is 0 Å². The van der Waals surface area contributed by atoms with Crippen molar-refractivity contribution in [3.8, 4) is 5.75 Å². The van der Waals surface area contributed by atoms with E-state index in [4.69, 9.17) is 4.74 Å². The van der Waals surface area contributed by atoms with E-state index in [1.54, 1.807) is 25.3 Å². The summed E-state index contributed by atoms with van der Waals surface area (Å²) in [6.45, 7) is 0. The number of para-hydroxylation sites is 3. The van der Waals surface area contributed by atoms with Crippen molar-refractivity contribution in [3.63, 3.8) is 0 Å². The Bertz CT molecular complexity index is 1100. The lowest BCUT2D eigenvalue weighted by Gasteiger charge is -2.21. The van der Waals surface area contributed by atoms with Crippen molar-refractivity contribution in [2.75, 3.05) is 23.2 Å².